The predicted octanol–water partition coefficient (Wildman–Crippen LogP) is 5.52. The molecule has 0 fully saturated rings. The minimum Gasteiger partial charge on any atom is -0.459 e. The Bertz CT molecular complexity index is 1070. The first-order chi connectivity index (χ1) is 14.2. The van der Waals surface area contributed by atoms with E-state index in [1.807, 2.05) is 12.1 Å². The summed E-state index contributed by atoms with van der Waals surface area (Å²) in [6.07, 6.45) is 0. The van der Waals surface area contributed by atoms with Gasteiger partial charge in [-0.25, -0.2) is 0 Å². The fraction of sp³-hybridized carbons (Fsp3) is 0.217. The maximum absolute atomic E-state index is 12.5. The van der Waals surface area contributed by atoms with Crippen LogP contribution in [0.15, 0.2) is 59.0 Å². The fourth-order valence-corrected chi connectivity index (χ4v) is 3.28. The number of furan rings is 1. The lowest BCUT2D eigenvalue weighted by Gasteiger charge is -2.19. The van der Waals surface area contributed by atoms with Gasteiger partial charge in [-0.15, -0.1) is 0 Å². The van der Waals surface area contributed by atoms with Crippen molar-refractivity contribution in [1.29, 1.82) is 0 Å². The number of aliphatic hydroxyl groups excluding tert-OH is 1. The zero-order chi connectivity index (χ0) is 21.9. The van der Waals surface area contributed by atoms with Gasteiger partial charge in [0, 0.05) is 16.8 Å². The van der Waals surface area contributed by atoms with Gasteiger partial charge in [-0.2, -0.15) is 0 Å². The summed E-state index contributed by atoms with van der Waals surface area (Å²) in [5.41, 5.74) is 2.98. The van der Waals surface area contributed by atoms with Crippen molar-refractivity contribution in [3.05, 3.63) is 76.5 Å². The predicted molar refractivity (Wildman–Crippen MR) is 124 cm³/mol. The largest absolute Gasteiger partial charge is 0.459 e. The Morgan fingerprint density at radius 1 is 1.10 bits per heavy atom. The topological polar surface area (TPSA) is 74.5 Å². The number of anilines is 1. The second-order valence-corrected chi connectivity index (χ2v) is 8.67. The summed E-state index contributed by atoms with van der Waals surface area (Å²) in [5.74, 6) is 0.682. The van der Waals surface area contributed by atoms with Gasteiger partial charge in [0.25, 0.3) is 5.91 Å². The van der Waals surface area contributed by atoms with Crippen LogP contribution in [0.3, 0.4) is 0 Å². The lowest BCUT2D eigenvalue weighted by Crippen LogP contribution is -2.34. The molecule has 1 amide bonds. The minimum atomic E-state index is -0.291. The molecule has 5 nitrogen and oxygen atoms in total. The van der Waals surface area contributed by atoms with Crippen molar-refractivity contribution in [3.63, 3.8) is 0 Å². The average Bonchev–Trinajstić information content (AvgIpc) is 3.18. The molecule has 0 aliphatic heterocycles. The number of hydrogen-bond acceptors (Lipinski definition) is 4. The van der Waals surface area contributed by atoms with Crippen molar-refractivity contribution in [2.75, 3.05) is 5.32 Å². The lowest BCUT2D eigenvalue weighted by molar-refractivity contribution is 0.0977. The van der Waals surface area contributed by atoms with E-state index in [2.05, 4.69) is 31.4 Å². The Balaban J connectivity index is 1.68. The van der Waals surface area contributed by atoms with E-state index in [0.29, 0.717) is 33.4 Å². The molecule has 0 atom stereocenters. The van der Waals surface area contributed by atoms with Crippen LogP contribution >= 0.6 is 23.8 Å². The number of hydrogen-bond donors (Lipinski definition) is 3. The first kappa shape index (κ1) is 22.0. The normalized spacial score (nSPS) is 11.2. The Hall–Kier alpha value is -2.67. The highest BCUT2D eigenvalue weighted by Crippen LogP contribution is 2.32. The molecule has 1 heterocycles. The molecule has 0 spiro atoms. The van der Waals surface area contributed by atoms with Crippen molar-refractivity contribution >= 4 is 40.5 Å². The third kappa shape index (κ3) is 5.27. The van der Waals surface area contributed by atoms with Crippen LogP contribution in [0.1, 0.15) is 42.5 Å². The summed E-state index contributed by atoms with van der Waals surface area (Å²) in [4.78, 5) is 12.5. The molecule has 0 aliphatic carbocycles. The molecule has 0 unspecified atom stereocenters. The summed E-state index contributed by atoms with van der Waals surface area (Å²) < 4.78 is 5.55. The molecule has 0 saturated heterocycles. The Morgan fingerprint density at radius 3 is 2.40 bits per heavy atom. The van der Waals surface area contributed by atoms with Gasteiger partial charge in [-0.1, -0.05) is 44.5 Å². The third-order valence-corrected chi connectivity index (χ3v) is 5.08. The molecule has 156 valence electrons. The van der Waals surface area contributed by atoms with Crippen molar-refractivity contribution in [2.45, 2.75) is 32.8 Å². The highest BCUT2D eigenvalue weighted by atomic mass is 35.5. The SMILES string of the molecule is CC(C)(C)c1ccc(C(=O)NC(=S)Nc2ccc(Cl)c(-c3ccc(CO)o3)c2)cc1. The number of thiocarbonyl (C=S) groups is 1. The molecule has 0 radical (unpaired) electrons. The molecular formula is C23H23ClN2O3S. The summed E-state index contributed by atoms with van der Waals surface area (Å²) in [6.45, 7) is 6.17. The average molecular weight is 443 g/mol. The van der Waals surface area contributed by atoms with Gasteiger partial charge < -0.3 is 14.8 Å². The van der Waals surface area contributed by atoms with Gasteiger partial charge >= 0.3 is 0 Å². The zero-order valence-corrected chi connectivity index (χ0v) is 18.5. The number of carbonyl (C=O) groups excluding carboxylic acids is 1. The molecule has 30 heavy (non-hydrogen) atoms. The molecule has 0 saturated carbocycles. The highest BCUT2D eigenvalue weighted by molar-refractivity contribution is 7.80. The van der Waals surface area contributed by atoms with E-state index in [1.165, 1.54) is 0 Å². The maximum atomic E-state index is 12.5. The van der Waals surface area contributed by atoms with Crippen LogP contribution in [-0.4, -0.2) is 16.1 Å². The van der Waals surface area contributed by atoms with Gasteiger partial charge in [0.2, 0.25) is 0 Å². The highest BCUT2D eigenvalue weighted by Gasteiger charge is 2.15. The van der Waals surface area contributed by atoms with Crippen LogP contribution in [0.25, 0.3) is 11.3 Å². The van der Waals surface area contributed by atoms with Gasteiger partial charge in [0.15, 0.2) is 5.11 Å². The Labute approximate surface area is 186 Å². The fourth-order valence-electron chi connectivity index (χ4n) is 2.86. The van der Waals surface area contributed by atoms with E-state index >= 15 is 0 Å². The quantitative estimate of drug-likeness (QED) is 0.464. The number of halogens is 1. The Kier molecular flexibility index (Phi) is 6.61. The molecule has 0 aliphatic rings. The summed E-state index contributed by atoms with van der Waals surface area (Å²) in [7, 11) is 0. The first-order valence-electron chi connectivity index (χ1n) is 9.40. The zero-order valence-electron chi connectivity index (χ0n) is 17.0. The van der Waals surface area contributed by atoms with Crippen LogP contribution in [0.2, 0.25) is 5.02 Å². The van der Waals surface area contributed by atoms with E-state index in [1.54, 1.807) is 42.5 Å². The minimum absolute atomic E-state index is 0.0179. The van der Waals surface area contributed by atoms with E-state index in [-0.39, 0.29) is 23.0 Å². The van der Waals surface area contributed by atoms with E-state index < -0.39 is 0 Å². The summed E-state index contributed by atoms with van der Waals surface area (Å²) in [5, 5.41) is 15.5. The van der Waals surface area contributed by atoms with Crippen molar-refractivity contribution in [1.82, 2.24) is 5.32 Å². The number of carbonyl (C=O) groups is 1. The van der Waals surface area contributed by atoms with Crippen LogP contribution in [0.4, 0.5) is 5.69 Å². The third-order valence-electron chi connectivity index (χ3n) is 4.55. The standard InChI is InChI=1S/C23H23ClN2O3S/c1-23(2,3)15-6-4-14(5-7-15)21(28)26-22(30)25-16-8-10-19(24)18(12-16)20-11-9-17(13-27)29-20/h4-12,27H,13H2,1-3H3,(H2,25,26,28,30). The molecular weight excluding hydrogens is 420 g/mol. The van der Waals surface area contributed by atoms with E-state index in [4.69, 9.17) is 28.2 Å². The lowest BCUT2D eigenvalue weighted by atomic mass is 9.87. The van der Waals surface area contributed by atoms with Gasteiger partial charge in [0.05, 0.1) is 5.02 Å². The number of amides is 1. The number of benzene rings is 2. The monoisotopic (exact) mass is 442 g/mol. The second kappa shape index (κ2) is 9.00. The van der Waals surface area contributed by atoms with Crippen LogP contribution in [0.5, 0.6) is 0 Å². The van der Waals surface area contributed by atoms with Crippen LogP contribution in [-0.2, 0) is 12.0 Å². The Morgan fingerprint density at radius 2 is 1.80 bits per heavy atom. The van der Waals surface area contributed by atoms with E-state index in [9.17, 15) is 9.90 Å². The van der Waals surface area contributed by atoms with E-state index in [0.717, 1.165) is 5.56 Å². The van der Waals surface area contributed by atoms with Gasteiger partial charge in [-0.05, 0) is 65.7 Å². The number of rotatable bonds is 4. The second-order valence-electron chi connectivity index (χ2n) is 7.85. The van der Waals surface area contributed by atoms with Crippen molar-refractivity contribution in [3.8, 4) is 11.3 Å². The molecule has 3 N–H and O–H groups in total. The maximum Gasteiger partial charge on any atom is 0.257 e. The molecule has 3 rings (SSSR count). The number of aliphatic hydroxyl groups is 1. The molecule has 1 aromatic heterocycles. The molecule has 3 aromatic rings. The van der Waals surface area contributed by atoms with Gasteiger partial charge in [0.1, 0.15) is 18.1 Å². The summed E-state index contributed by atoms with van der Waals surface area (Å²) in [6, 6.07) is 16.1. The summed E-state index contributed by atoms with van der Waals surface area (Å²) >= 11 is 11.6. The molecule has 0 bridgehead atoms. The molecule has 2 aromatic carbocycles. The van der Waals surface area contributed by atoms with Crippen molar-refractivity contribution in [2.24, 2.45) is 0 Å². The van der Waals surface area contributed by atoms with Crippen molar-refractivity contribution < 1.29 is 14.3 Å². The molecule has 7 heteroatoms. The van der Waals surface area contributed by atoms with Gasteiger partial charge in [-0.3, -0.25) is 10.1 Å². The first-order valence-corrected chi connectivity index (χ1v) is 10.2. The number of nitrogens with one attached hydrogen (secondary N) is 2. The van der Waals surface area contributed by atoms with Crippen LogP contribution in [0, 0.1) is 0 Å². The smallest absolute Gasteiger partial charge is 0.257 e. The van der Waals surface area contributed by atoms with Crippen LogP contribution < -0.4 is 10.6 Å².